The lowest BCUT2D eigenvalue weighted by molar-refractivity contribution is 0.617. The largest absolute Gasteiger partial charge is 0.454 e. The molecule has 0 aliphatic heterocycles. The first-order chi connectivity index (χ1) is 17.1. The second-order valence-corrected chi connectivity index (χ2v) is 9.51. The van der Waals surface area contributed by atoms with Crippen molar-refractivity contribution in [1.29, 1.82) is 0 Å². The molecule has 4 aromatic heterocycles. The van der Waals surface area contributed by atoms with Gasteiger partial charge in [-0.2, -0.15) is 0 Å². The fourth-order valence-electron chi connectivity index (χ4n) is 4.94. The Morgan fingerprint density at radius 1 is 0.629 bits per heavy atom. The standard InChI is InChI=1S/C31H22N2O2/c1-31(2,20-8-4-3-5-9-20)29-15-14-27-30(33-29)23-16-19(12-13-26(23)34-27)24-17-22-21-10-6-7-11-25(21)35-28(22)18-32-24/h3-18H,1-2H3. The van der Waals surface area contributed by atoms with Crippen LogP contribution >= 0.6 is 0 Å². The Morgan fingerprint density at radius 3 is 2.26 bits per heavy atom. The SMILES string of the molecule is CC(C)(c1ccccc1)c1ccc2oc3ccc(-c4cc5c(cn4)oc4ccccc45)cc3c2n1. The van der Waals surface area contributed by atoms with E-state index >= 15 is 0 Å². The third-order valence-electron chi connectivity index (χ3n) is 7.01. The zero-order valence-corrected chi connectivity index (χ0v) is 19.4. The number of hydrogen-bond donors (Lipinski definition) is 0. The first-order valence-corrected chi connectivity index (χ1v) is 11.7. The number of fused-ring (bicyclic) bond motifs is 6. The Balaban J connectivity index is 1.39. The Labute approximate surface area is 201 Å². The average molecular weight is 455 g/mol. The van der Waals surface area contributed by atoms with Crippen LogP contribution in [0.15, 0.2) is 106 Å². The van der Waals surface area contributed by atoms with Gasteiger partial charge in [0.1, 0.15) is 16.7 Å². The maximum absolute atomic E-state index is 6.13. The first kappa shape index (κ1) is 20.0. The van der Waals surface area contributed by atoms with Gasteiger partial charge in [0.05, 0.1) is 17.6 Å². The van der Waals surface area contributed by atoms with Crippen LogP contribution in [0, 0.1) is 0 Å². The van der Waals surface area contributed by atoms with E-state index in [1.54, 1.807) is 6.20 Å². The highest BCUT2D eigenvalue weighted by Crippen LogP contribution is 2.36. The average Bonchev–Trinajstić information content (AvgIpc) is 3.46. The zero-order chi connectivity index (χ0) is 23.6. The molecule has 0 saturated carbocycles. The number of benzene rings is 3. The van der Waals surface area contributed by atoms with Crippen molar-refractivity contribution >= 4 is 44.0 Å². The highest BCUT2D eigenvalue weighted by atomic mass is 16.3. The molecular formula is C31H22N2O2. The fraction of sp³-hybridized carbons (Fsp3) is 0.0968. The van der Waals surface area contributed by atoms with Gasteiger partial charge in [-0.15, -0.1) is 0 Å². The maximum atomic E-state index is 6.13. The van der Waals surface area contributed by atoms with Crippen LogP contribution in [0.3, 0.4) is 0 Å². The van der Waals surface area contributed by atoms with Crippen molar-refractivity contribution in [2.24, 2.45) is 0 Å². The van der Waals surface area contributed by atoms with E-state index in [0.29, 0.717) is 0 Å². The van der Waals surface area contributed by atoms with Crippen LogP contribution in [-0.2, 0) is 5.41 Å². The van der Waals surface area contributed by atoms with Gasteiger partial charge in [-0.25, -0.2) is 4.98 Å². The molecule has 0 spiro atoms. The van der Waals surface area contributed by atoms with Crippen molar-refractivity contribution in [2.45, 2.75) is 19.3 Å². The summed E-state index contributed by atoms with van der Waals surface area (Å²) >= 11 is 0. The molecule has 0 aliphatic rings. The molecule has 7 aromatic rings. The molecule has 0 N–H and O–H groups in total. The van der Waals surface area contributed by atoms with E-state index in [0.717, 1.165) is 61.0 Å². The highest BCUT2D eigenvalue weighted by Gasteiger charge is 2.25. The van der Waals surface area contributed by atoms with E-state index in [2.05, 4.69) is 68.4 Å². The summed E-state index contributed by atoms with van der Waals surface area (Å²) in [4.78, 5) is 9.79. The van der Waals surface area contributed by atoms with Crippen LogP contribution in [0.25, 0.3) is 55.3 Å². The van der Waals surface area contributed by atoms with Crippen molar-refractivity contribution in [1.82, 2.24) is 9.97 Å². The molecule has 0 saturated heterocycles. The summed E-state index contributed by atoms with van der Waals surface area (Å²) in [7, 11) is 0. The van der Waals surface area contributed by atoms with Crippen LogP contribution in [0.2, 0.25) is 0 Å². The lowest BCUT2D eigenvalue weighted by Gasteiger charge is -2.24. The van der Waals surface area contributed by atoms with E-state index in [4.69, 9.17) is 18.8 Å². The van der Waals surface area contributed by atoms with Gasteiger partial charge >= 0.3 is 0 Å². The molecule has 0 radical (unpaired) electrons. The predicted octanol–water partition coefficient (Wildman–Crippen LogP) is 8.27. The van der Waals surface area contributed by atoms with Gasteiger partial charge < -0.3 is 8.83 Å². The van der Waals surface area contributed by atoms with E-state index < -0.39 is 0 Å². The summed E-state index contributed by atoms with van der Waals surface area (Å²) in [6, 6.07) is 31.0. The monoisotopic (exact) mass is 454 g/mol. The minimum atomic E-state index is -0.231. The molecule has 0 aliphatic carbocycles. The van der Waals surface area contributed by atoms with Crippen molar-refractivity contribution in [2.75, 3.05) is 0 Å². The molecule has 35 heavy (non-hydrogen) atoms. The van der Waals surface area contributed by atoms with Gasteiger partial charge in [0.25, 0.3) is 0 Å². The van der Waals surface area contributed by atoms with E-state index in [1.165, 1.54) is 5.56 Å². The molecule has 4 heteroatoms. The van der Waals surface area contributed by atoms with Crippen molar-refractivity contribution in [3.05, 3.63) is 108 Å². The Morgan fingerprint density at radius 2 is 1.37 bits per heavy atom. The minimum absolute atomic E-state index is 0.231. The number of pyridine rings is 2. The summed E-state index contributed by atoms with van der Waals surface area (Å²) in [5.41, 5.74) is 8.05. The molecule has 0 amide bonds. The number of nitrogens with zero attached hydrogens (tertiary/aromatic N) is 2. The molecule has 3 aromatic carbocycles. The Bertz CT molecular complexity index is 1880. The number of hydrogen-bond acceptors (Lipinski definition) is 4. The smallest absolute Gasteiger partial charge is 0.153 e. The third kappa shape index (κ3) is 3.07. The fourth-order valence-corrected chi connectivity index (χ4v) is 4.94. The highest BCUT2D eigenvalue weighted by molar-refractivity contribution is 6.07. The molecule has 0 atom stereocenters. The van der Waals surface area contributed by atoms with Crippen LogP contribution in [-0.4, -0.2) is 9.97 Å². The molecule has 4 heterocycles. The predicted molar refractivity (Wildman–Crippen MR) is 141 cm³/mol. The van der Waals surface area contributed by atoms with Crippen LogP contribution in [0.5, 0.6) is 0 Å². The zero-order valence-electron chi connectivity index (χ0n) is 19.4. The normalized spacial score (nSPS) is 12.3. The van der Waals surface area contributed by atoms with Gasteiger partial charge in [-0.3, -0.25) is 4.98 Å². The third-order valence-corrected chi connectivity index (χ3v) is 7.01. The molecule has 4 nitrogen and oxygen atoms in total. The quantitative estimate of drug-likeness (QED) is 0.270. The van der Waals surface area contributed by atoms with Gasteiger partial charge in [0.15, 0.2) is 11.2 Å². The second kappa shape index (κ2) is 7.28. The number of para-hydroxylation sites is 1. The van der Waals surface area contributed by atoms with Crippen LogP contribution < -0.4 is 0 Å². The molecule has 0 bridgehead atoms. The van der Waals surface area contributed by atoms with Crippen LogP contribution in [0.1, 0.15) is 25.1 Å². The van der Waals surface area contributed by atoms with Gasteiger partial charge in [0.2, 0.25) is 0 Å². The minimum Gasteiger partial charge on any atom is -0.454 e. The number of furan rings is 2. The van der Waals surface area contributed by atoms with Crippen LogP contribution in [0.4, 0.5) is 0 Å². The molecule has 0 fully saturated rings. The molecule has 0 unspecified atom stereocenters. The lowest BCUT2D eigenvalue weighted by atomic mass is 9.81. The van der Waals surface area contributed by atoms with Gasteiger partial charge in [-0.05, 0) is 48.0 Å². The van der Waals surface area contributed by atoms with Crippen molar-refractivity contribution in [3.63, 3.8) is 0 Å². The maximum Gasteiger partial charge on any atom is 0.153 e. The second-order valence-electron chi connectivity index (χ2n) is 9.51. The van der Waals surface area contributed by atoms with Gasteiger partial charge in [-0.1, -0.05) is 62.4 Å². The Hall–Kier alpha value is -4.44. The summed E-state index contributed by atoms with van der Waals surface area (Å²) < 4.78 is 12.1. The summed E-state index contributed by atoms with van der Waals surface area (Å²) in [5, 5.41) is 3.14. The molecule has 168 valence electrons. The van der Waals surface area contributed by atoms with E-state index in [1.807, 2.05) is 36.4 Å². The molecular weight excluding hydrogens is 432 g/mol. The first-order valence-electron chi connectivity index (χ1n) is 11.7. The van der Waals surface area contributed by atoms with Crippen molar-refractivity contribution in [3.8, 4) is 11.3 Å². The lowest BCUT2D eigenvalue weighted by Crippen LogP contribution is -2.20. The topological polar surface area (TPSA) is 52.1 Å². The van der Waals surface area contributed by atoms with Crippen molar-refractivity contribution < 1.29 is 8.83 Å². The number of rotatable bonds is 3. The number of aromatic nitrogens is 2. The molecule has 7 rings (SSSR count). The summed E-state index contributed by atoms with van der Waals surface area (Å²) in [6.45, 7) is 4.41. The summed E-state index contributed by atoms with van der Waals surface area (Å²) in [6.07, 6.45) is 1.81. The van der Waals surface area contributed by atoms with E-state index in [-0.39, 0.29) is 5.41 Å². The van der Waals surface area contributed by atoms with E-state index in [9.17, 15) is 0 Å². The summed E-state index contributed by atoms with van der Waals surface area (Å²) in [5.74, 6) is 0. The van der Waals surface area contributed by atoms with Gasteiger partial charge in [0, 0.05) is 27.1 Å². The Kier molecular flexibility index (Phi) is 4.15.